The average molecular weight is 309 g/mol. The van der Waals surface area contributed by atoms with Gasteiger partial charge in [-0.3, -0.25) is 5.10 Å². The molecule has 1 heterocycles. The Labute approximate surface area is 135 Å². The SMILES string of the molecule is CC(C)c1nc(SCc2ccc(-c3ccccc3)cc2)n[nH]1. The van der Waals surface area contributed by atoms with Crippen LogP contribution >= 0.6 is 11.8 Å². The van der Waals surface area contributed by atoms with Crippen molar-refractivity contribution in [2.45, 2.75) is 30.7 Å². The lowest BCUT2D eigenvalue weighted by Gasteiger charge is -2.03. The number of benzene rings is 2. The molecule has 1 N–H and O–H groups in total. The van der Waals surface area contributed by atoms with Crippen LogP contribution in [-0.4, -0.2) is 15.2 Å². The lowest BCUT2D eigenvalue weighted by Crippen LogP contribution is -1.89. The molecule has 0 unspecified atom stereocenters. The number of aromatic nitrogens is 3. The normalized spacial score (nSPS) is 11.0. The number of nitrogens with one attached hydrogen (secondary N) is 1. The molecule has 3 aromatic rings. The summed E-state index contributed by atoms with van der Waals surface area (Å²) < 4.78 is 0. The minimum atomic E-state index is 0.381. The molecule has 0 saturated heterocycles. The third-order valence-electron chi connectivity index (χ3n) is 3.46. The second-order valence-electron chi connectivity index (χ2n) is 5.51. The largest absolute Gasteiger partial charge is 0.262 e. The Hall–Kier alpha value is -2.07. The van der Waals surface area contributed by atoms with Crippen LogP contribution in [-0.2, 0) is 5.75 Å². The monoisotopic (exact) mass is 309 g/mol. The van der Waals surface area contributed by atoms with Gasteiger partial charge in [0.1, 0.15) is 5.82 Å². The van der Waals surface area contributed by atoms with E-state index in [4.69, 9.17) is 0 Å². The molecular weight excluding hydrogens is 290 g/mol. The van der Waals surface area contributed by atoms with Gasteiger partial charge in [-0.05, 0) is 16.7 Å². The summed E-state index contributed by atoms with van der Waals surface area (Å²) >= 11 is 1.66. The van der Waals surface area contributed by atoms with Crippen LogP contribution in [0.15, 0.2) is 59.8 Å². The van der Waals surface area contributed by atoms with Gasteiger partial charge in [0.25, 0.3) is 0 Å². The number of hydrogen-bond acceptors (Lipinski definition) is 3. The molecule has 22 heavy (non-hydrogen) atoms. The van der Waals surface area contributed by atoms with E-state index in [9.17, 15) is 0 Å². The predicted molar refractivity (Wildman–Crippen MR) is 91.9 cm³/mol. The van der Waals surface area contributed by atoms with Crippen molar-refractivity contribution in [2.75, 3.05) is 0 Å². The number of rotatable bonds is 5. The molecule has 0 bridgehead atoms. The third kappa shape index (κ3) is 3.57. The van der Waals surface area contributed by atoms with Crippen LogP contribution in [0.1, 0.15) is 31.2 Å². The van der Waals surface area contributed by atoms with Gasteiger partial charge in [-0.15, -0.1) is 5.10 Å². The molecule has 0 amide bonds. The lowest BCUT2D eigenvalue weighted by atomic mass is 10.0. The van der Waals surface area contributed by atoms with Crippen molar-refractivity contribution in [1.29, 1.82) is 0 Å². The van der Waals surface area contributed by atoms with E-state index >= 15 is 0 Å². The van der Waals surface area contributed by atoms with Gasteiger partial charge in [-0.25, -0.2) is 4.98 Å². The summed E-state index contributed by atoms with van der Waals surface area (Å²) in [6.45, 7) is 4.22. The zero-order chi connectivity index (χ0) is 15.4. The molecule has 0 spiro atoms. The van der Waals surface area contributed by atoms with E-state index in [2.05, 4.69) is 77.6 Å². The van der Waals surface area contributed by atoms with E-state index in [-0.39, 0.29) is 0 Å². The number of thioether (sulfide) groups is 1. The molecular formula is C18H19N3S. The summed E-state index contributed by atoms with van der Waals surface area (Å²) in [6, 6.07) is 19.1. The first-order valence-corrected chi connectivity index (χ1v) is 8.40. The van der Waals surface area contributed by atoms with Crippen LogP contribution in [0.25, 0.3) is 11.1 Å². The predicted octanol–water partition coefficient (Wildman–Crippen LogP) is 4.89. The second-order valence-corrected chi connectivity index (χ2v) is 6.45. The number of aromatic amines is 1. The fraction of sp³-hybridized carbons (Fsp3) is 0.222. The Balaban J connectivity index is 1.63. The summed E-state index contributed by atoms with van der Waals surface area (Å²) in [6.07, 6.45) is 0. The van der Waals surface area contributed by atoms with Crippen LogP contribution in [0.2, 0.25) is 0 Å². The maximum absolute atomic E-state index is 4.49. The Morgan fingerprint density at radius 1 is 0.955 bits per heavy atom. The van der Waals surface area contributed by atoms with Crippen molar-refractivity contribution in [3.05, 3.63) is 66.0 Å². The van der Waals surface area contributed by atoms with Gasteiger partial charge in [0.15, 0.2) is 0 Å². The zero-order valence-electron chi connectivity index (χ0n) is 12.8. The fourth-order valence-electron chi connectivity index (χ4n) is 2.15. The van der Waals surface area contributed by atoms with Crippen LogP contribution < -0.4 is 0 Å². The van der Waals surface area contributed by atoms with Crippen LogP contribution in [0.3, 0.4) is 0 Å². The van der Waals surface area contributed by atoms with E-state index in [1.54, 1.807) is 11.8 Å². The second kappa shape index (κ2) is 6.79. The Morgan fingerprint density at radius 3 is 2.27 bits per heavy atom. The highest BCUT2D eigenvalue weighted by Gasteiger charge is 2.07. The minimum Gasteiger partial charge on any atom is -0.262 e. The molecule has 0 aliphatic carbocycles. The van der Waals surface area contributed by atoms with Gasteiger partial charge >= 0.3 is 0 Å². The third-order valence-corrected chi connectivity index (χ3v) is 4.38. The van der Waals surface area contributed by atoms with E-state index < -0.39 is 0 Å². The molecule has 0 atom stereocenters. The van der Waals surface area contributed by atoms with Gasteiger partial charge < -0.3 is 0 Å². The quantitative estimate of drug-likeness (QED) is 0.682. The summed E-state index contributed by atoms with van der Waals surface area (Å²) in [5.41, 5.74) is 3.77. The highest BCUT2D eigenvalue weighted by Crippen LogP contribution is 2.23. The highest BCUT2D eigenvalue weighted by molar-refractivity contribution is 7.98. The van der Waals surface area contributed by atoms with Gasteiger partial charge in [0, 0.05) is 11.7 Å². The van der Waals surface area contributed by atoms with Crippen molar-refractivity contribution < 1.29 is 0 Å². The van der Waals surface area contributed by atoms with E-state index in [1.165, 1.54) is 16.7 Å². The zero-order valence-corrected chi connectivity index (χ0v) is 13.6. The number of hydrogen-bond donors (Lipinski definition) is 1. The van der Waals surface area contributed by atoms with Crippen molar-refractivity contribution >= 4 is 11.8 Å². The summed E-state index contributed by atoms with van der Waals surface area (Å²) in [5, 5.41) is 8.05. The van der Waals surface area contributed by atoms with E-state index in [1.807, 2.05) is 6.07 Å². The molecule has 0 aliphatic heterocycles. The van der Waals surface area contributed by atoms with Crippen molar-refractivity contribution in [3.63, 3.8) is 0 Å². The molecule has 0 saturated carbocycles. The van der Waals surface area contributed by atoms with Gasteiger partial charge in [0.05, 0.1) is 0 Å². The summed E-state index contributed by atoms with van der Waals surface area (Å²) in [5.74, 6) is 2.21. The topological polar surface area (TPSA) is 41.6 Å². The summed E-state index contributed by atoms with van der Waals surface area (Å²) in [7, 11) is 0. The molecule has 4 heteroatoms. The maximum Gasteiger partial charge on any atom is 0.208 e. The van der Waals surface area contributed by atoms with E-state index in [0.29, 0.717) is 5.92 Å². The fourth-order valence-corrected chi connectivity index (χ4v) is 2.91. The Morgan fingerprint density at radius 2 is 1.64 bits per heavy atom. The molecule has 0 radical (unpaired) electrons. The molecule has 3 nitrogen and oxygen atoms in total. The van der Waals surface area contributed by atoms with Crippen molar-refractivity contribution in [3.8, 4) is 11.1 Å². The lowest BCUT2D eigenvalue weighted by molar-refractivity contribution is 0.780. The molecule has 3 rings (SSSR count). The summed E-state index contributed by atoms with van der Waals surface area (Å²) in [4.78, 5) is 4.49. The molecule has 0 fully saturated rings. The van der Waals surface area contributed by atoms with Gasteiger partial charge in [-0.1, -0.05) is 80.2 Å². The first-order valence-electron chi connectivity index (χ1n) is 7.42. The van der Waals surface area contributed by atoms with Crippen molar-refractivity contribution in [2.24, 2.45) is 0 Å². The molecule has 0 aliphatic rings. The number of H-pyrrole nitrogens is 1. The van der Waals surface area contributed by atoms with E-state index in [0.717, 1.165) is 16.7 Å². The highest BCUT2D eigenvalue weighted by atomic mass is 32.2. The minimum absolute atomic E-state index is 0.381. The first-order chi connectivity index (χ1) is 10.7. The van der Waals surface area contributed by atoms with Crippen LogP contribution in [0.5, 0.6) is 0 Å². The molecule has 2 aromatic carbocycles. The van der Waals surface area contributed by atoms with Gasteiger partial charge in [0.2, 0.25) is 5.16 Å². The smallest absolute Gasteiger partial charge is 0.208 e. The molecule has 1 aromatic heterocycles. The Bertz CT molecular complexity index is 718. The average Bonchev–Trinajstić information content (AvgIpc) is 3.04. The maximum atomic E-state index is 4.49. The van der Waals surface area contributed by atoms with Gasteiger partial charge in [-0.2, -0.15) is 0 Å². The first kappa shape index (κ1) is 14.9. The standard InChI is InChI=1S/C18H19N3S/c1-13(2)17-19-18(21-20-17)22-12-14-8-10-16(11-9-14)15-6-4-3-5-7-15/h3-11,13H,12H2,1-2H3,(H,19,20,21). The van der Waals surface area contributed by atoms with Crippen LogP contribution in [0.4, 0.5) is 0 Å². The van der Waals surface area contributed by atoms with Crippen LogP contribution in [0, 0.1) is 0 Å². The number of nitrogens with zero attached hydrogens (tertiary/aromatic N) is 2. The van der Waals surface area contributed by atoms with Crippen molar-refractivity contribution in [1.82, 2.24) is 15.2 Å². The molecule has 112 valence electrons. The Kier molecular flexibility index (Phi) is 4.59.